The fourth-order valence-corrected chi connectivity index (χ4v) is 9.50. The van der Waals surface area contributed by atoms with Crippen LogP contribution in [0.15, 0.2) is 152 Å². The molecular formula is C43H28N2OS2. The number of aromatic nitrogens is 1. The number of fused-ring (bicyclic) bond motifs is 9. The van der Waals surface area contributed by atoms with Gasteiger partial charge in [0, 0.05) is 68.2 Å². The fraction of sp³-hybridized carbons (Fsp3) is 0.0233. The van der Waals surface area contributed by atoms with Crippen molar-refractivity contribution < 1.29 is 4.74 Å². The maximum Gasteiger partial charge on any atom is 0.119 e. The Bertz CT molecular complexity index is 2840. The smallest absolute Gasteiger partial charge is 0.119 e. The number of hydrogen-bond acceptors (Lipinski definition) is 4. The van der Waals surface area contributed by atoms with Gasteiger partial charge in [-0.05, 0) is 91.0 Å². The predicted molar refractivity (Wildman–Crippen MR) is 208 cm³/mol. The maximum atomic E-state index is 5.57. The van der Waals surface area contributed by atoms with Gasteiger partial charge in [-0.15, -0.1) is 22.7 Å². The lowest BCUT2D eigenvalue weighted by Gasteiger charge is -2.27. The molecule has 0 spiro atoms. The summed E-state index contributed by atoms with van der Waals surface area (Å²) < 4.78 is 13.2. The summed E-state index contributed by atoms with van der Waals surface area (Å²) in [6.07, 6.45) is 0. The van der Waals surface area contributed by atoms with Crippen LogP contribution in [0.5, 0.6) is 5.75 Å². The topological polar surface area (TPSA) is 17.4 Å². The van der Waals surface area contributed by atoms with Crippen molar-refractivity contribution in [3.8, 4) is 11.4 Å². The van der Waals surface area contributed by atoms with Gasteiger partial charge in [0.2, 0.25) is 0 Å². The molecule has 0 aliphatic carbocycles. The summed E-state index contributed by atoms with van der Waals surface area (Å²) in [5.74, 6) is 0.837. The standard InChI is InChI=1S/C43H28N2OS2/c1-46-30-21-17-27(18-22-30)44(28-19-23-41-34(25-28)31-9-3-6-15-39(31)47-41)37-13-8-14-38-43(37)33-11-2-5-12-36(33)45(38)29-20-24-42-35(26-29)32-10-4-7-16-40(32)48-42/h2-26H,1H3. The Morgan fingerprint density at radius 1 is 0.479 bits per heavy atom. The van der Waals surface area contributed by atoms with Crippen LogP contribution >= 0.6 is 22.7 Å². The minimum Gasteiger partial charge on any atom is -0.497 e. The Labute approximate surface area is 285 Å². The first-order valence-corrected chi connectivity index (χ1v) is 17.7. The molecule has 0 saturated heterocycles. The van der Waals surface area contributed by atoms with Crippen molar-refractivity contribution in [2.75, 3.05) is 12.0 Å². The summed E-state index contributed by atoms with van der Waals surface area (Å²) in [6.45, 7) is 0. The van der Waals surface area contributed by atoms with E-state index in [9.17, 15) is 0 Å². The second-order valence-electron chi connectivity index (χ2n) is 12.1. The summed E-state index contributed by atoms with van der Waals surface area (Å²) in [5.41, 5.74) is 6.85. The van der Waals surface area contributed by atoms with Crippen LogP contribution in [-0.4, -0.2) is 11.7 Å². The Balaban J connectivity index is 1.26. The number of para-hydroxylation sites is 1. The normalized spacial score (nSPS) is 11.9. The molecule has 0 N–H and O–H groups in total. The molecule has 0 unspecified atom stereocenters. The predicted octanol–water partition coefficient (Wildman–Crippen LogP) is 13.0. The molecule has 3 heterocycles. The maximum absolute atomic E-state index is 5.57. The summed E-state index contributed by atoms with van der Waals surface area (Å²) in [6, 6.07) is 55.2. The van der Waals surface area contributed by atoms with Crippen LogP contribution in [0.4, 0.5) is 17.1 Å². The van der Waals surface area contributed by atoms with Gasteiger partial charge in [-0.25, -0.2) is 0 Å². The minimum atomic E-state index is 0.837. The third kappa shape index (κ3) is 4.11. The number of thiophene rings is 2. The number of nitrogens with zero attached hydrogens (tertiary/aromatic N) is 2. The highest BCUT2D eigenvalue weighted by molar-refractivity contribution is 7.26. The van der Waals surface area contributed by atoms with Crippen molar-refractivity contribution in [3.63, 3.8) is 0 Å². The first-order chi connectivity index (χ1) is 23.7. The second-order valence-corrected chi connectivity index (χ2v) is 14.3. The zero-order valence-corrected chi connectivity index (χ0v) is 27.7. The Kier molecular flexibility index (Phi) is 6.13. The molecule has 10 rings (SSSR count). The van der Waals surface area contributed by atoms with Gasteiger partial charge in [0.1, 0.15) is 5.75 Å². The quantitative estimate of drug-likeness (QED) is 0.184. The van der Waals surface area contributed by atoms with Crippen molar-refractivity contribution in [2.45, 2.75) is 0 Å². The van der Waals surface area contributed by atoms with Gasteiger partial charge in [-0.1, -0.05) is 60.7 Å². The lowest BCUT2D eigenvalue weighted by Crippen LogP contribution is -2.10. The van der Waals surface area contributed by atoms with E-state index < -0.39 is 0 Å². The van der Waals surface area contributed by atoms with Crippen LogP contribution in [0.3, 0.4) is 0 Å². The molecule has 0 radical (unpaired) electrons. The number of benzene rings is 7. The average molecular weight is 653 g/mol. The summed E-state index contributed by atoms with van der Waals surface area (Å²) in [7, 11) is 1.72. The van der Waals surface area contributed by atoms with Crippen LogP contribution in [0, 0.1) is 0 Å². The number of methoxy groups -OCH3 is 1. The van der Waals surface area contributed by atoms with E-state index in [-0.39, 0.29) is 0 Å². The second kappa shape index (κ2) is 10.7. The monoisotopic (exact) mass is 652 g/mol. The van der Waals surface area contributed by atoms with E-state index in [1.807, 2.05) is 34.8 Å². The number of rotatable bonds is 5. The van der Waals surface area contributed by atoms with Crippen molar-refractivity contribution in [2.24, 2.45) is 0 Å². The number of ether oxygens (including phenoxy) is 1. The summed E-state index contributed by atoms with van der Waals surface area (Å²) in [4.78, 5) is 2.40. The van der Waals surface area contributed by atoms with Gasteiger partial charge in [-0.2, -0.15) is 0 Å². The van der Waals surface area contributed by atoms with Gasteiger partial charge in [0.05, 0.1) is 23.8 Å². The first kappa shape index (κ1) is 27.5. The molecule has 0 saturated carbocycles. The molecular weight excluding hydrogens is 625 g/mol. The zero-order chi connectivity index (χ0) is 31.8. The average Bonchev–Trinajstić information content (AvgIpc) is 3.81. The third-order valence-electron chi connectivity index (χ3n) is 9.48. The van der Waals surface area contributed by atoms with Gasteiger partial charge in [0.25, 0.3) is 0 Å². The molecule has 0 bridgehead atoms. The molecule has 0 aliphatic rings. The van der Waals surface area contributed by atoms with E-state index in [2.05, 4.69) is 149 Å². The van der Waals surface area contributed by atoms with Gasteiger partial charge >= 0.3 is 0 Å². The minimum absolute atomic E-state index is 0.837. The molecule has 7 aromatic carbocycles. The number of anilines is 3. The zero-order valence-electron chi connectivity index (χ0n) is 26.1. The van der Waals surface area contributed by atoms with Crippen LogP contribution < -0.4 is 9.64 Å². The van der Waals surface area contributed by atoms with Crippen LogP contribution in [0.25, 0.3) is 67.8 Å². The van der Waals surface area contributed by atoms with Gasteiger partial charge in [0.15, 0.2) is 0 Å². The molecule has 3 nitrogen and oxygen atoms in total. The van der Waals surface area contributed by atoms with E-state index in [4.69, 9.17) is 4.74 Å². The van der Waals surface area contributed by atoms with Gasteiger partial charge < -0.3 is 14.2 Å². The summed E-state index contributed by atoms with van der Waals surface area (Å²) in [5, 5.41) is 7.61. The molecule has 5 heteroatoms. The molecule has 48 heavy (non-hydrogen) atoms. The fourth-order valence-electron chi connectivity index (χ4n) is 7.33. The molecule has 3 aromatic heterocycles. The Morgan fingerprint density at radius 3 is 1.79 bits per heavy atom. The van der Waals surface area contributed by atoms with Crippen molar-refractivity contribution >= 4 is 102 Å². The van der Waals surface area contributed by atoms with Crippen LogP contribution in [-0.2, 0) is 0 Å². The SMILES string of the molecule is COc1ccc(N(c2ccc3sc4ccccc4c3c2)c2cccc3c2c2ccccc2n3-c2ccc3sc4ccccc4c3c2)cc1. The lowest BCUT2D eigenvalue weighted by molar-refractivity contribution is 0.415. The first-order valence-electron chi connectivity index (χ1n) is 16.0. The van der Waals surface area contributed by atoms with Crippen molar-refractivity contribution in [1.82, 2.24) is 4.57 Å². The molecule has 10 aromatic rings. The van der Waals surface area contributed by atoms with E-state index >= 15 is 0 Å². The summed E-state index contributed by atoms with van der Waals surface area (Å²) >= 11 is 3.71. The highest BCUT2D eigenvalue weighted by Crippen LogP contribution is 2.46. The molecule has 228 valence electrons. The van der Waals surface area contributed by atoms with Gasteiger partial charge in [-0.3, -0.25) is 0 Å². The number of hydrogen-bond donors (Lipinski definition) is 0. The van der Waals surface area contributed by atoms with Crippen molar-refractivity contribution in [1.29, 1.82) is 0 Å². The van der Waals surface area contributed by atoms with E-state index in [0.717, 1.165) is 28.5 Å². The molecule has 0 aliphatic heterocycles. The highest BCUT2D eigenvalue weighted by atomic mass is 32.1. The highest BCUT2D eigenvalue weighted by Gasteiger charge is 2.22. The van der Waals surface area contributed by atoms with Crippen LogP contribution in [0.1, 0.15) is 0 Å². The third-order valence-corrected chi connectivity index (χ3v) is 11.8. The molecule has 0 atom stereocenters. The van der Waals surface area contributed by atoms with E-state index in [1.165, 1.54) is 62.2 Å². The molecule has 0 amide bonds. The van der Waals surface area contributed by atoms with E-state index in [0.29, 0.717) is 0 Å². The molecule has 0 fully saturated rings. The van der Waals surface area contributed by atoms with Crippen LogP contribution in [0.2, 0.25) is 0 Å². The Morgan fingerprint density at radius 2 is 1.06 bits per heavy atom. The van der Waals surface area contributed by atoms with Crippen molar-refractivity contribution in [3.05, 3.63) is 152 Å². The lowest BCUT2D eigenvalue weighted by atomic mass is 10.1. The Hall–Kier alpha value is -5.62. The van der Waals surface area contributed by atoms with E-state index in [1.54, 1.807) is 7.11 Å². The largest absolute Gasteiger partial charge is 0.497 e.